The average Bonchev–Trinajstić information content (AvgIpc) is 1.99. The number of nitrogens with two attached hydrogens (primary N) is 1. The Morgan fingerprint density at radius 2 is 2.00 bits per heavy atom. The molecule has 0 saturated carbocycles. The molecular weight excluding hydrogens is 194 g/mol. The molecule has 5 nitrogen and oxygen atoms in total. The molecule has 0 aromatic rings. The van der Waals surface area contributed by atoms with Gasteiger partial charge in [0.1, 0.15) is 5.60 Å². The summed E-state index contributed by atoms with van der Waals surface area (Å²) in [6.07, 6.45) is 1.04. The molecule has 0 heterocycles. The molecule has 15 heavy (non-hydrogen) atoms. The smallest absolute Gasteiger partial charge is 0.408 e. The zero-order valence-electron chi connectivity index (χ0n) is 10.1. The Morgan fingerprint density at radius 3 is 2.33 bits per heavy atom. The monoisotopic (exact) mass is 215 g/mol. The van der Waals surface area contributed by atoms with E-state index < -0.39 is 11.7 Å². The van der Waals surface area contributed by atoms with Crippen LogP contribution >= 0.6 is 0 Å². The van der Waals surface area contributed by atoms with Crippen LogP contribution in [-0.4, -0.2) is 24.0 Å². The lowest BCUT2D eigenvalue weighted by atomic mass is 10.1. The van der Waals surface area contributed by atoms with E-state index in [0.717, 1.165) is 0 Å². The van der Waals surface area contributed by atoms with Crippen LogP contribution in [0.2, 0.25) is 0 Å². The number of nitrogens with zero attached hydrogens (tertiary/aromatic N) is 1. The van der Waals surface area contributed by atoms with Crippen LogP contribution in [0.25, 0.3) is 0 Å². The third-order valence-electron chi connectivity index (χ3n) is 1.65. The van der Waals surface area contributed by atoms with E-state index in [1.54, 1.807) is 0 Å². The van der Waals surface area contributed by atoms with Gasteiger partial charge in [-0.15, -0.1) is 0 Å². The van der Waals surface area contributed by atoms with Gasteiger partial charge in [-0.1, -0.05) is 13.8 Å². The van der Waals surface area contributed by atoms with Crippen molar-refractivity contribution in [1.29, 1.82) is 0 Å². The Kier molecular flexibility index (Phi) is 5.11. The van der Waals surface area contributed by atoms with Gasteiger partial charge >= 0.3 is 6.09 Å². The maximum atomic E-state index is 11.4. The third kappa shape index (κ3) is 6.76. The molecule has 1 amide bonds. The standard InChI is InChI=1S/C10H21N3O2/c1-7(2)8(6-12-11)13-9(14)15-10(3,4)5/h6-8H,11H2,1-5H3,(H,13,14)/t8-/m0/s1. The number of carbonyl (C=O) groups excluding carboxylic acids is 1. The van der Waals surface area contributed by atoms with Crippen LogP contribution in [0, 0.1) is 5.92 Å². The van der Waals surface area contributed by atoms with E-state index >= 15 is 0 Å². The molecular formula is C10H21N3O2. The first-order valence-electron chi connectivity index (χ1n) is 4.99. The van der Waals surface area contributed by atoms with Crippen molar-refractivity contribution in [2.24, 2.45) is 16.9 Å². The summed E-state index contributed by atoms with van der Waals surface area (Å²) in [7, 11) is 0. The molecule has 0 aromatic heterocycles. The number of ether oxygens (including phenoxy) is 1. The number of rotatable bonds is 3. The summed E-state index contributed by atoms with van der Waals surface area (Å²) < 4.78 is 5.11. The Hall–Kier alpha value is -1.26. The number of nitrogens with one attached hydrogen (secondary N) is 1. The molecule has 0 aliphatic rings. The SMILES string of the molecule is CC(C)[C@H](C=NN)NC(=O)OC(C)(C)C. The molecule has 0 fully saturated rings. The van der Waals surface area contributed by atoms with Gasteiger partial charge in [0.15, 0.2) is 0 Å². The van der Waals surface area contributed by atoms with Crippen molar-refractivity contribution in [2.45, 2.75) is 46.3 Å². The van der Waals surface area contributed by atoms with Crippen molar-refractivity contribution < 1.29 is 9.53 Å². The molecule has 0 unspecified atom stereocenters. The highest BCUT2D eigenvalue weighted by Gasteiger charge is 2.20. The summed E-state index contributed by atoms with van der Waals surface area (Å²) in [6, 6.07) is -0.204. The fraction of sp³-hybridized carbons (Fsp3) is 0.800. The highest BCUT2D eigenvalue weighted by Crippen LogP contribution is 2.07. The van der Waals surface area contributed by atoms with Gasteiger partial charge in [0, 0.05) is 6.21 Å². The highest BCUT2D eigenvalue weighted by atomic mass is 16.6. The lowest BCUT2D eigenvalue weighted by molar-refractivity contribution is 0.0509. The molecule has 0 aliphatic carbocycles. The predicted octanol–water partition coefficient (Wildman–Crippen LogP) is 1.48. The summed E-state index contributed by atoms with van der Waals surface area (Å²) in [5.74, 6) is 5.26. The van der Waals surface area contributed by atoms with Crippen molar-refractivity contribution >= 4 is 12.3 Å². The van der Waals surface area contributed by atoms with Gasteiger partial charge in [-0.2, -0.15) is 5.10 Å². The van der Waals surface area contributed by atoms with Crippen LogP contribution in [0.15, 0.2) is 5.10 Å². The van der Waals surface area contributed by atoms with Gasteiger partial charge in [-0.05, 0) is 26.7 Å². The highest BCUT2D eigenvalue weighted by molar-refractivity contribution is 5.75. The fourth-order valence-corrected chi connectivity index (χ4v) is 0.912. The molecule has 0 radical (unpaired) electrons. The molecule has 0 rings (SSSR count). The number of hydrogen-bond acceptors (Lipinski definition) is 4. The Labute approximate surface area is 91.1 Å². The zero-order valence-corrected chi connectivity index (χ0v) is 10.1. The van der Waals surface area contributed by atoms with E-state index in [-0.39, 0.29) is 12.0 Å². The minimum atomic E-state index is -0.495. The Morgan fingerprint density at radius 1 is 1.47 bits per heavy atom. The number of amides is 1. The molecule has 3 N–H and O–H groups in total. The number of hydrazone groups is 1. The van der Waals surface area contributed by atoms with E-state index in [9.17, 15) is 4.79 Å². The second kappa shape index (κ2) is 5.58. The van der Waals surface area contributed by atoms with E-state index in [4.69, 9.17) is 10.6 Å². The first-order chi connectivity index (χ1) is 6.76. The molecule has 0 aromatic carbocycles. The van der Waals surface area contributed by atoms with E-state index in [1.807, 2.05) is 34.6 Å². The normalized spacial score (nSPS) is 14.3. The summed E-state index contributed by atoms with van der Waals surface area (Å²) in [4.78, 5) is 11.4. The maximum Gasteiger partial charge on any atom is 0.408 e. The second-order valence-electron chi connectivity index (χ2n) is 4.71. The summed E-state index contributed by atoms with van der Waals surface area (Å²) in [5.41, 5.74) is -0.495. The first-order valence-corrected chi connectivity index (χ1v) is 4.99. The topological polar surface area (TPSA) is 76.7 Å². The number of hydrogen-bond donors (Lipinski definition) is 2. The minimum absolute atomic E-state index is 0.204. The van der Waals surface area contributed by atoms with Crippen LogP contribution in [0.1, 0.15) is 34.6 Å². The molecule has 0 bridgehead atoms. The predicted molar refractivity (Wildman–Crippen MR) is 60.7 cm³/mol. The van der Waals surface area contributed by atoms with Crippen molar-refractivity contribution in [2.75, 3.05) is 0 Å². The second-order valence-corrected chi connectivity index (χ2v) is 4.71. The van der Waals surface area contributed by atoms with Gasteiger partial charge < -0.3 is 15.9 Å². The van der Waals surface area contributed by atoms with Gasteiger partial charge in [-0.25, -0.2) is 4.79 Å². The van der Waals surface area contributed by atoms with E-state index in [0.29, 0.717) is 0 Å². The van der Waals surface area contributed by atoms with Crippen molar-refractivity contribution in [3.8, 4) is 0 Å². The van der Waals surface area contributed by atoms with Crippen molar-refractivity contribution in [1.82, 2.24) is 5.32 Å². The third-order valence-corrected chi connectivity index (χ3v) is 1.65. The van der Waals surface area contributed by atoms with Crippen LogP contribution in [0.4, 0.5) is 4.79 Å². The van der Waals surface area contributed by atoms with Gasteiger partial charge in [0.05, 0.1) is 6.04 Å². The lowest BCUT2D eigenvalue weighted by Gasteiger charge is -2.23. The van der Waals surface area contributed by atoms with Crippen LogP contribution in [-0.2, 0) is 4.74 Å². The molecule has 1 atom stereocenters. The summed E-state index contributed by atoms with van der Waals surface area (Å²) in [5, 5.41) is 6.09. The van der Waals surface area contributed by atoms with Gasteiger partial charge in [0.2, 0.25) is 0 Å². The Balaban J connectivity index is 4.24. The Bertz CT molecular complexity index is 231. The van der Waals surface area contributed by atoms with E-state index in [1.165, 1.54) is 6.21 Å². The maximum absolute atomic E-state index is 11.4. The number of alkyl carbamates (subject to hydrolysis) is 1. The number of carbonyl (C=O) groups is 1. The van der Waals surface area contributed by atoms with Crippen LogP contribution < -0.4 is 11.2 Å². The molecule has 0 aliphatic heterocycles. The quantitative estimate of drug-likeness (QED) is 0.425. The van der Waals surface area contributed by atoms with Crippen molar-refractivity contribution in [3.63, 3.8) is 0 Å². The molecule has 5 heteroatoms. The fourth-order valence-electron chi connectivity index (χ4n) is 0.912. The summed E-state index contributed by atoms with van der Waals surface area (Å²) >= 11 is 0. The zero-order chi connectivity index (χ0) is 12.1. The lowest BCUT2D eigenvalue weighted by Crippen LogP contribution is -2.42. The molecule has 0 saturated heterocycles. The minimum Gasteiger partial charge on any atom is -0.444 e. The first kappa shape index (κ1) is 13.7. The largest absolute Gasteiger partial charge is 0.444 e. The van der Waals surface area contributed by atoms with Gasteiger partial charge in [0.25, 0.3) is 0 Å². The molecule has 88 valence electrons. The van der Waals surface area contributed by atoms with Crippen LogP contribution in [0.3, 0.4) is 0 Å². The van der Waals surface area contributed by atoms with Crippen LogP contribution in [0.5, 0.6) is 0 Å². The summed E-state index contributed by atoms with van der Waals surface area (Å²) in [6.45, 7) is 9.36. The van der Waals surface area contributed by atoms with Gasteiger partial charge in [-0.3, -0.25) is 0 Å². The molecule has 0 spiro atoms. The average molecular weight is 215 g/mol. The van der Waals surface area contributed by atoms with Crippen molar-refractivity contribution in [3.05, 3.63) is 0 Å². The van der Waals surface area contributed by atoms with E-state index in [2.05, 4.69) is 10.4 Å².